The first-order valence-electron chi connectivity index (χ1n) is 4.47. The fraction of sp³-hybridized carbons (Fsp3) is 0.200. The molecule has 78 valence electrons. The van der Waals surface area contributed by atoms with E-state index in [9.17, 15) is 4.39 Å². The van der Waals surface area contributed by atoms with Crippen molar-refractivity contribution < 1.29 is 4.39 Å². The van der Waals surface area contributed by atoms with Crippen molar-refractivity contribution in [3.05, 3.63) is 35.0 Å². The first kappa shape index (κ1) is 10.3. The van der Waals surface area contributed by atoms with Crippen molar-refractivity contribution in [2.45, 2.75) is 6.54 Å². The Labute approximate surface area is 91.3 Å². The molecule has 0 aliphatic rings. The molecule has 0 aliphatic heterocycles. The van der Waals surface area contributed by atoms with Crippen molar-refractivity contribution in [2.75, 3.05) is 7.05 Å². The number of hydrogen-bond acceptors (Lipinski definition) is 3. The van der Waals surface area contributed by atoms with Crippen LogP contribution in [0.25, 0.3) is 10.9 Å². The van der Waals surface area contributed by atoms with Gasteiger partial charge in [-0.15, -0.1) is 0 Å². The zero-order chi connectivity index (χ0) is 10.8. The van der Waals surface area contributed by atoms with Crippen molar-refractivity contribution in [1.82, 2.24) is 15.3 Å². The largest absolute Gasteiger partial charge is 0.314 e. The number of para-hydroxylation sites is 1. The van der Waals surface area contributed by atoms with Gasteiger partial charge in [-0.05, 0) is 24.7 Å². The van der Waals surface area contributed by atoms with Gasteiger partial charge in [0.2, 0.25) is 5.28 Å². The number of nitrogens with zero attached hydrogens (tertiary/aromatic N) is 2. The van der Waals surface area contributed by atoms with E-state index in [1.807, 2.05) is 0 Å². The van der Waals surface area contributed by atoms with Crippen LogP contribution >= 0.6 is 11.6 Å². The summed E-state index contributed by atoms with van der Waals surface area (Å²) in [6.07, 6.45) is 0. The molecule has 1 heterocycles. The number of rotatable bonds is 2. The van der Waals surface area contributed by atoms with Crippen LogP contribution in [0, 0.1) is 5.82 Å². The molecule has 5 heteroatoms. The topological polar surface area (TPSA) is 37.8 Å². The van der Waals surface area contributed by atoms with Gasteiger partial charge in [0.05, 0.1) is 5.69 Å². The molecule has 0 bridgehead atoms. The molecule has 15 heavy (non-hydrogen) atoms. The number of benzene rings is 1. The minimum Gasteiger partial charge on any atom is -0.314 e. The third kappa shape index (κ3) is 1.91. The Morgan fingerprint density at radius 2 is 2.20 bits per heavy atom. The van der Waals surface area contributed by atoms with E-state index in [1.165, 1.54) is 6.07 Å². The molecule has 0 fully saturated rings. The highest BCUT2D eigenvalue weighted by Gasteiger charge is 2.08. The molecule has 1 aromatic heterocycles. The Kier molecular flexibility index (Phi) is 2.79. The van der Waals surface area contributed by atoms with Crippen LogP contribution in [0.5, 0.6) is 0 Å². The molecule has 1 N–H and O–H groups in total. The number of fused-ring (bicyclic) bond motifs is 1. The standard InChI is InChI=1S/C10H9ClFN3/c1-13-5-8-6-3-2-4-7(12)9(6)15-10(11)14-8/h2-4,13H,5H2,1H3. The minimum absolute atomic E-state index is 0.0675. The summed E-state index contributed by atoms with van der Waals surface area (Å²) >= 11 is 5.71. The average molecular weight is 226 g/mol. The minimum atomic E-state index is -0.380. The third-order valence-corrected chi connectivity index (χ3v) is 2.24. The van der Waals surface area contributed by atoms with Gasteiger partial charge < -0.3 is 5.32 Å². The van der Waals surface area contributed by atoms with Crippen LogP contribution in [0.1, 0.15) is 5.69 Å². The van der Waals surface area contributed by atoms with Crippen LogP contribution < -0.4 is 5.32 Å². The first-order chi connectivity index (χ1) is 7.22. The highest BCUT2D eigenvalue weighted by molar-refractivity contribution is 6.28. The SMILES string of the molecule is CNCc1nc(Cl)nc2c(F)cccc12. The lowest BCUT2D eigenvalue weighted by Crippen LogP contribution is -2.08. The predicted octanol–water partition coefficient (Wildman–Crippen LogP) is 2.14. The number of nitrogens with one attached hydrogen (secondary N) is 1. The highest BCUT2D eigenvalue weighted by Crippen LogP contribution is 2.20. The van der Waals surface area contributed by atoms with Gasteiger partial charge in [-0.1, -0.05) is 12.1 Å². The number of aromatic nitrogens is 2. The molecule has 0 saturated carbocycles. The third-order valence-electron chi connectivity index (χ3n) is 2.07. The molecule has 0 saturated heterocycles. The van der Waals surface area contributed by atoms with Gasteiger partial charge in [0.15, 0.2) is 0 Å². The molecule has 2 rings (SSSR count). The van der Waals surface area contributed by atoms with Gasteiger partial charge in [0.25, 0.3) is 0 Å². The highest BCUT2D eigenvalue weighted by atomic mass is 35.5. The maximum Gasteiger partial charge on any atom is 0.223 e. The van der Waals surface area contributed by atoms with Crippen LogP contribution in [0.15, 0.2) is 18.2 Å². The summed E-state index contributed by atoms with van der Waals surface area (Å²) in [6.45, 7) is 0.530. The molecular formula is C10H9ClFN3. The zero-order valence-corrected chi connectivity index (χ0v) is 8.85. The van der Waals surface area contributed by atoms with Crippen LogP contribution in [-0.2, 0) is 6.54 Å². The van der Waals surface area contributed by atoms with Crippen LogP contribution in [0.4, 0.5) is 4.39 Å². The van der Waals surface area contributed by atoms with E-state index >= 15 is 0 Å². The predicted molar refractivity (Wildman–Crippen MR) is 57.3 cm³/mol. The molecule has 2 aromatic rings. The summed E-state index contributed by atoms with van der Waals surface area (Å²) in [4.78, 5) is 7.93. The van der Waals surface area contributed by atoms with Crippen LogP contribution in [0.3, 0.4) is 0 Å². The molecular weight excluding hydrogens is 217 g/mol. The number of halogens is 2. The van der Waals surface area contributed by atoms with Gasteiger partial charge in [-0.25, -0.2) is 14.4 Å². The molecule has 0 atom stereocenters. The molecule has 0 radical (unpaired) electrons. The maximum absolute atomic E-state index is 13.4. The van der Waals surface area contributed by atoms with Crippen LogP contribution in [0.2, 0.25) is 5.28 Å². The van der Waals surface area contributed by atoms with Gasteiger partial charge in [0.1, 0.15) is 11.3 Å². The zero-order valence-electron chi connectivity index (χ0n) is 8.09. The van der Waals surface area contributed by atoms with Gasteiger partial charge in [-0.2, -0.15) is 0 Å². The second-order valence-electron chi connectivity index (χ2n) is 3.11. The monoisotopic (exact) mass is 225 g/mol. The molecule has 0 aliphatic carbocycles. The maximum atomic E-state index is 13.4. The lowest BCUT2D eigenvalue weighted by molar-refractivity contribution is 0.636. The second-order valence-corrected chi connectivity index (χ2v) is 3.44. The smallest absolute Gasteiger partial charge is 0.223 e. The quantitative estimate of drug-likeness (QED) is 0.796. The lowest BCUT2D eigenvalue weighted by Gasteiger charge is -2.05. The fourth-order valence-corrected chi connectivity index (χ4v) is 1.64. The Morgan fingerprint density at radius 1 is 1.40 bits per heavy atom. The Hall–Kier alpha value is -1.26. The fourth-order valence-electron chi connectivity index (χ4n) is 1.45. The van der Waals surface area contributed by atoms with Crippen LogP contribution in [-0.4, -0.2) is 17.0 Å². The summed E-state index contributed by atoms with van der Waals surface area (Å²) in [7, 11) is 1.79. The normalized spacial score (nSPS) is 10.9. The van der Waals surface area contributed by atoms with Gasteiger partial charge in [0, 0.05) is 11.9 Å². The van der Waals surface area contributed by atoms with Crippen molar-refractivity contribution in [3.63, 3.8) is 0 Å². The first-order valence-corrected chi connectivity index (χ1v) is 4.85. The molecule has 0 unspecified atom stereocenters. The van der Waals surface area contributed by atoms with E-state index in [2.05, 4.69) is 15.3 Å². The average Bonchev–Trinajstić information content (AvgIpc) is 2.20. The van der Waals surface area contributed by atoms with Gasteiger partial charge in [-0.3, -0.25) is 0 Å². The van der Waals surface area contributed by atoms with E-state index in [4.69, 9.17) is 11.6 Å². The summed E-state index contributed by atoms with van der Waals surface area (Å²) < 4.78 is 13.4. The van der Waals surface area contributed by atoms with Crippen molar-refractivity contribution in [1.29, 1.82) is 0 Å². The number of hydrogen-bond donors (Lipinski definition) is 1. The van der Waals surface area contributed by atoms with E-state index in [-0.39, 0.29) is 16.6 Å². The Morgan fingerprint density at radius 3 is 2.93 bits per heavy atom. The van der Waals surface area contributed by atoms with Crippen molar-refractivity contribution in [3.8, 4) is 0 Å². The van der Waals surface area contributed by atoms with Crippen molar-refractivity contribution >= 4 is 22.5 Å². The summed E-state index contributed by atoms with van der Waals surface area (Å²) in [5.41, 5.74) is 0.967. The van der Waals surface area contributed by atoms with E-state index in [1.54, 1.807) is 19.2 Å². The van der Waals surface area contributed by atoms with E-state index < -0.39 is 0 Å². The van der Waals surface area contributed by atoms with Crippen molar-refractivity contribution in [2.24, 2.45) is 0 Å². The molecule has 0 amide bonds. The molecule has 1 aromatic carbocycles. The molecule has 0 spiro atoms. The lowest BCUT2D eigenvalue weighted by atomic mass is 10.2. The van der Waals surface area contributed by atoms with Gasteiger partial charge >= 0.3 is 0 Å². The summed E-state index contributed by atoms with van der Waals surface area (Å²) in [5, 5.41) is 3.71. The second kappa shape index (κ2) is 4.08. The molecule has 3 nitrogen and oxygen atoms in total. The van der Waals surface area contributed by atoms with E-state index in [0.717, 1.165) is 0 Å². The van der Waals surface area contributed by atoms with E-state index in [0.29, 0.717) is 17.6 Å². The summed E-state index contributed by atoms with van der Waals surface area (Å²) in [5.74, 6) is -0.380. The summed E-state index contributed by atoms with van der Waals surface area (Å²) in [6, 6.07) is 4.77. The Balaban J connectivity index is 2.74. The Bertz CT molecular complexity index is 501.